The van der Waals surface area contributed by atoms with Crippen molar-refractivity contribution in [2.75, 3.05) is 13.7 Å². The fourth-order valence-corrected chi connectivity index (χ4v) is 3.46. The first-order chi connectivity index (χ1) is 14.4. The van der Waals surface area contributed by atoms with E-state index >= 15 is 0 Å². The van der Waals surface area contributed by atoms with Gasteiger partial charge in [-0.1, -0.05) is 55.2 Å². The Kier molecular flexibility index (Phi) is 9.47. The van der Waals surface area contributed by atoms with Gasteiger partial charge in [0.05, 0.1) is 23.6 Å². The van der Waals surface area contributed by atoms with Gasteiger partial charge in [0.2, 0.25) is 11.8 Å². The molecule has 1 N–H and O–H groups in total. The van der Waals surface area contributed by atoms with Crippen LogP contribution in [0, 0.1) is 0 Å². The molecule has 0 radical (unpaired) electrons. The molecule has 1 atom stereocenters. The van der Waals surface area contributed by atoms with Crippen molar-refractivity contribution in [2.45, 2.75) is 45.7 Å². The van der Waals surface area contributed by atoms with Crippen LogP contribution in [0.15, 0.2) is 42.5 Å². The van der Waals surface area contributed by atoms with Crippen LogP contribution >= 0.6 is 23.2 Å². The molecule has 0 spiro atoms. The molecular formula is C23H28Cl2N2O3. The molecule has 0 heterocycles. The summed E-state index contributed by atoms with van der Waals surface area (Å²) >= 11 is 12.2. The molecule has 2 amide bonds. The van der Waals surface area contributed by atoms with E-state index in [0.717, 1.165) is 23.3 Å². The van der Waals surface area contributed by atoms with Crippen LogP contribution in [0.3, 0.4) is 0 Å². The van der Waals surface area contributed by atoms with Crippen molar-refractivity contribution in [3.63, 3.8) is 0 Å². The zero-order valence-corrected chi connectivity index (χ0v) is 19.1. The quantitative estimate of drug-likeness (QED) is 0.560. The van der Waals surface area contributed by atoms with Crippen LogP contribution in [0.5, 0.6) is 5.75 Å². The summed E-state index contributed by atoms with van der Waals surface area (Å²) in [6, 6.07) is 12.0. The number of hydrogen-bond acceptors (Lipinski definition) is 3. The number of carbonyl (C=O) groups is 2. The molecule has 0 aliphatic heterocycles. The van der Waals surface area contributed by atoms with E-state index in [0.29, 0.717) is 23.0 Å². The molecule has 0 saturated carbocycles. The van der Waals surface area contributed by atoms with Gasteiger partial charge in [-0.15, -0.1) is 0 Å². The number of halogens is 2. The highest BCUT2D eigenvalue weighted by Gasteiger charge is 2.28. The average molecular weight is 451 g/mol. The molecule has 5 nitrogen and oxygen atoms in total. The third-order valence-electron chi connectivity index (χ3n) is 4.79. The highest BCUT2D eigenvalue weighted by atomic mass is 35.5. The lowest BCUT2D eigenvalue weighted by molar-refractivity contribution is -0.140. The minimum Gasteiger partial charge on any atom is -0.497 e. The van der Waals surface area contributed by atoms with E-state index < -0.39 is 6.04 Å². The predicted octanol–water partition coefficient (Wildman–Crippen LogP) is 4.88. The minimum atomic E-state index is -0.572. The van der Waals surface area contributed by atoms with Crippen molar-refractivity contribution >= 4 is 35.0 Å². The lowest BCUT2D eigenvalue weighted by Crippen LogP contribution is -2.49. The number of nitrogens with one attached hydrogen (secondary N) is 1. The second-order valence-corrected chi connectivity index (χ2v) is 7.82. The normalized spacial score (nSPS) is 11.6. The molecule has 0 fully saturated rings. The fraction of sp³-hybridized carbons (Fsp3) is 0.391. The summed E-state index contributed by atoms with van der Waals surface area (Å²) in [5, 5.41) is 3.77. The van der Waals surface area contributed by atoms with Crippen LogP contribution in [-0.2, 0) is 22.6 Å². The largest absolute Gasteiger partial charge is 0.497 e. The summed E-state index contributed by atoms with van der Waals surface area (Å²) in [7, 11) is 1.60. The van der Waals surface area contributed by atoms with Gasteiger partial charge in [0.1, 0.15) is 11.8 Å². The third kappa shape index (κ3) is 6.64. The lowest BCUT2D eigenvalue weighted by atomic mass is 10.1. The lowest BCUT2D eigenvalue weighted by Gasteiger charge is -2.31. The third-order valence-corrected chi connectivity index (χ3v) is 5.53. The fourth-order valence-electron chi connectivity index (χ4n) is 3.14. The van der Waals surface area contributed by atoms with Crippen molar-refractivity contribution in [3.8, 4) is 5.75 Å². The average Bonchev–Trinajstić information content (AvgIpc) is 2.75. The Morgan fingerprint density at radius 1 is 1.03 bits per heavy atom. The summed E-state index contributed by atoms with van der Waals surface area (Å²) in [6.45, 7) is 4.73. The molecule has 0 unspecified atom stereocenters. The molecule has 0 aliphatic rings. The van der Waals surface area contributed by atoms with Crippen molar-refractivity contribution in [1.29, 1.82) is 0 Å². The van der Waals surface area contributed by atoms with Crippen molar-refractivity contribution in [1.82, 2.24) is 10.2 Å². The Bertz CT molecular complexity index is 856. The second kappa shape index (κ2) is 11.8. The Morgan fingerprint density at radius 3 is 2.27 bits per heavy atom. The number of methoxy groups -OCH3 is 1. The van der Waals surface area contributed by atoms with Gasteiger partial charge in [-0.3, -0.25) is 9.59 Å². The Balaban J connectivity index is 2.28. The number of benzene rings is 2. The molecule has 30 heavy (non-hydrogen) atoms. The van der Waals surface area contributed by atoms with E-state index in [2.05, 4.69) is 5.32 Å². The van der Waals surface area contributed by atoms with Crippen molar-refractivity contribution < 1.29 is 14.3 Å². The van der Waals surface area contributed by atoms with Gasteiger partial charge < -0.3 is 15.0 Å². The minimum absolute atomic E-state index is 0.135. The van der Waals surface area contributed by atoms with E-state index in [4.69, 9.17) is 27.9 Å². The maximum absolute atomic E-state index is 13.3. The van der Waals surface area contributed by atoms with Gasteiger partial charge >= 0.3 is 0 Å². The smallest absolute Gasteiger partial charge is 0.242 e. The second-order valence-electron chi connectivity index (χ2n) is 7.01. The molecule has 2 aromatic carbocycles. The van der Waals surface area contributed by atoms with Gasteiger partial charge in [0.25, 0.3) is 0 Å². The van der Waals surface area contributed by atoms with E-state index in [1.807, 2.05) is 44.2 Å². The van der Waals surface area contributed by atoms with Crippen LogP contribution in [0.25, 0.3) is 0 Å². The SMILES string of the molecule is CCCNC(=O)[C@@H](CC)N(Cc1ccc(Cl)c(Cl)c1)C(=O)Cc1ccc(OC)cc1. The van der Waals surface area contributed by atoms with Gasteiger partial charge in [-0.2, -0.15) is 0 Å². The van der Waals surface area contributed by atoms with Crippen LogP contribution in [0.2, 0.25) is 10.0 Å². The Labute approximate surface area is 188 Å². The number of carbonyl (C=O) groups excluding carboxylic acids is 2. The Hall–Kier alpha value is -2.24. The van der Waals surface area contributed by atoms with Crippen LogP contribution < -0.4 is 10.1 Å². The van der Waals surface area contributed by atoms with Gasteiger partial charge in [-0.05, 0) is 48.2 Å². The van der Waals surface area contributed by atoms with Gasteiger partial charge in [-0.25, -0.2) is 0 Å². The molecule has 0 aliphatic carbocycles. The maximum Gasteiger partial charge on any atom is 0.242 e. The van der Waals surface area contributed by atoms with E-state index in [1.54, 1.807) is 24.1 Å². The molecular weight excluding hydrogens is 423 g/mol. The topological polar surface area (TPSA) is 58.6 Å². The van der Waals surface area contributed by atoms with Crippen LogP contribution in [-0.4, -0.2) is 36.4 Å². The van der Waals surface area contributed by atoms with Crippen molar-refractivity contribution in [2.24, 2.45) is 0 Å². The number of amides is 2. The predicted molar refractivity (Wildman–Crippen MR) is 121 cm³/mol. The van der Waals surface area contributed by atoms with E-state index in [9.17, 15) is 9.59 Å². The number of ether oxygens (including phenoxy) is 1. The summed E-state index contributed by atoms with van der Waals surface area (Å²) < 4.78 is 5.17. The monoisotopic (exact) mass is 450 g/mol. The first kappa shape index (κ1) is 24.0. The summed E-state index contributed by atoms with van der Waals surface area (Å²) in [4.78, 5) is 27.6. The molecule has 2 aromatic rings. The van der Waals surface area contributed by atoms with Gasteiger partial charge in [0, 0.05) is 13.1 Å². The summed E-state index contributed by atoms with van der Waals surface area (Å²) in [5.41, 5.74) is 1.66. The zero-order valence-electron chi connectivity index (χ0n) is 17.6. The first-order valence-electron chi connectivity index (χ1n) is 10.0. The number of nitrogens with zero attached hydrogens (tertiary/aromatic N) is 1. The summed E-state index contributed by atoms with van der Waals surface area (Å²) in [5.74, 6) is 0.441. The zero-order chi connectivity index (χ0) is 22.1. The highest BCUT2D eigenvalue weighted by Crippen LogP contribution is 2.24. The van der Waals surface area contributed by atoms with E-state index in [-0.39, 0.29) is 24.8 Å². The van der Waals surface area contributed by atoms with Crippen LogP contribution in [0.4, 0.5) is 0 Å². The maximum atomic E-state index is 13.3. The van der Waals surface area contributed by atoms with Crippen molar-refractivity contribution in [3.05, 3.63) is 63.6 Å². The molecule has 0 saturated heterocycles. The molecule has 162 valence electrons. The van der Waals surface area contributed by atoms with Crippen LogP contribution in [0.1, 0.15) is 37.8 Å². The van der Waals surface area contributed by atoms with Gasteiger partial charge in [0.15, 0.2) is 0 Å². The first-order valence-corrected chi connectivity index (χ1v) is 10.8. The standard InChI is InChI=1S/C23H28Cl2N2O3/c1-4-12-26-23(29)21(5-2)27(15-17-8-11-19(24)20(25)13-17)22(28)14-16-6-9-18(30-3)10-7-16/h6-11,13,21H,4-5,12,14-15H2,1-3H3,(H,26,29)/t21-/m1/s1. The molecule has 0 bridgehead atoms. The molecule has 7 heteroatoms. The number of rotatable bonds is 10. The highest BCUT2D eigenvalue weighted by molar-refractivity contribution is 6.42. The summed E-state index contributed by atoms with van der Waals surface area (Å²) in [6.07, 6.45) is 1.52. The molecule has 2 rings (SSSR count). The number of hydrogen-bond donors (Lipinski definition) is 1. The Morgan fingerprint density at radius 2 is 1.70 bits per heavy atom. The van der Waals surface area contributed by atoms with E-state index in [1.165, 1.54) is 0 Å². The molecule has 0 aromatic heterocycles.